The van der Waals surface area contributed by atoms with Crippen molar-refractivity contribution in [3.63, 3.8) is 0 Å². The Morgan fingerprint density at radius 3 is 2.23 bits per heavy atom. The molecule has 0 aromatic heterocycles. The van der Waals surface area contributed by atoms with E-state index >= 15 is 0 Å². The van der Waals surface area contributed by atoms with Crippen LogP contribution in [0.25, 0.3) is 0 Å². The summed E-state index contributed by atoms with van der Waals surface area (Å²) in [6, 6.07) is 9.08. The molecule has 0 aliphatic heterocycles. The van der Waals surface area contributed by atoms with Crippen LogP contribution in [-0.2, 0) is 25.7 Å². The van der Waals surface area contributed by atoms with Gasteiger partial charge in [0.25, 0.3) is 0 Å². The van der Waals surface area contributed by atoms with Crippen LogP contribution in [0, 0.1) is 11.8 Å². The van der Waals surface area contributed by atoms with Gasteiger partial charge in [-0.15, -0.1) is 0 Å². The number of rotatable bonds is 10. The molecule has 1 rings (SSSR count). The van der Waals surface area contributed by atoms with Crippen LogP contribution in [0.5, 0.6) is 0 Å². The lowest BCUT2D eigenvalue weighted by molar-refractivity contribution is -0.150. The third-order valence-corrected chi connectivity index (χ3v) is 4.11. The van der Waals surface area contributed by atoms with Crippen molar-refractivity contribution in [3.05, 3.63) is 35.9 Å². The monoisotopic (exact) mass is 420 g/mol. The number of hydrogen-bond acceptors (Lipinski definition) is 5. The van der Waals surface area contributed by atoms with Crippen molar-refractivity contribution < 1.29 is 23.9 Å². The largest absolute Gasteiger partial charge is 0.461 e. The van der Waals surface area contributed by atoms with E-state index in [-0.39, 0.29) is 37.4 Å². The minimum Gasteiger partial charge on any atom is -0.461 e. The van der Waals surface area contributed by atoms with Crippen LogP contribution in [0.2, 0.25) is 0 Å². The van der Waals surface area contributed by atoms with Crippen molar-refractivity contribution in [1.29, 1.82) is 0 Å². The van der Waals surface area contributed by atoms with E-state index < -0.39 is 23.7 Å². The molecular weight excluding hydrogens is 384 g/mol. The number of hydrogen-bond donors (Lipinski definition) is 2. The van der Waals surface area contributed by atoms with Gasteiger partial charge in [0.2, 0.25) is 5.91 Å². The molecule has 1 aromatic carbocycles. The van der Waals surface area contributed by atoms with Gasteiger partial charge in [0, 0.05) is 19.0 Å². The van der Waals surface area contributed by atoms with Gasteiger partial charge in [0.15, 0.2) is 0 Å². The molecule has 0 saturated carbocycles. The topological polar surface area (TPSA) is 93.7 Å². The van der Waals surface area contributed by atoms with Crippen molar-refractivity contribution >= 4 is 18.0 Å². The number of alkyl carbamates (subject to hydrolysis) is 1. The lowest BCUT2D eigenvalue weighted by Gasteiger charge is -2.22. The predicted molar refractivity (Wildman–Crippen MR) is 116 cm³/mol. The zero-order chi connectivity index (χ0) is 22.7. The highest BCUT2D eigenvalue weighted by Gasteiger charge is 2.23. The molecule has 0 aliphatic rings. The number of carbonyl (C=O) groups is 3. The third kappa shape index (κ3) is 11.4. The normalized spacial score (nSPS) is 13.3. The van der Waals surface area contributed by atoms with E-state index in [4.69, 9.17) is 9.47 Å². The average Bonchev–Trinajstić information content (AvgIpc) is 2.61. The Morgan fingerprint density at radius 1 is 1.03 bits per heavy atom. The summed E-state index contributed by atoms with van der Waals surface area (Å²) in [5.41, 5.74) is 0.316. The van der Waals surface area contributed by atoms with Gasteiger partial charge in [-0.1, -0.05) is 44.2 Å². The van der Waals surface area contributed by atoms with E-state index in [9.17, 15) is 14.4 Å². The quantitative estimate of drug-likeness (QED) is 0.562. The molecule has 1 aromatic rings. The predicted octanol–water partition coefficient (Wildman–Crippen LogP) is 3.81. The molecule has 0 aliphatic carbocycles. The van der Waals surface area contributed by atoms with Crippen LogP contribution in [0.3, 0.4) is 0 Å². The Kier molecular flexibility index (Phi) is 10.4. The molecule has 0 radical (unpaired) electrons. The first-order valence-corrected chi connectivity index (χ1v) is 10.4. The van der Waals surface area contributed by atoms with Gasteiger partial charge >= 0.3 is 12.1 Å². The first kappa shape index (κ1) is 25.5. The summed E-state index contributed by atoms with van der Waals surface area (Å²) >= 11 is 0. The van der Waals surface area contributed by atoms with Gasteiger partial charge in [-0.05, 0) is 45.6 Å². The van der Waals surface area contributed by atoms with Crippen LogP contribution >= 0.6 is 0 Å². The maximum Gasteiger partial charge on any atom is 0.407 e. The highest BCUT2D eigenvalue weighted by atomic mass is 16.6. The molecule has 0 bridgehead atoms. The standard InChI is InChI=1S/C23H36N2O5/c1-16(2)12-19(21(27)29-15-18-10-8-7-9-11-18)14-24-20(26)13-17(3)25-22(28)30-23(4,5)6/h7-11,16-17,19H,12-15H2,1-6H3,(H,24,26)(H,25,28)/t17-,19-/m0/s1. The fraction of sp³-hybridized carbons (Fsp3) is 0.609. The van der Waals surface area contributed by atoms with Gasteiger partial charge in [0.05, 0.1) is 5.92 Å². The highest BCUT2D eigenvalue weighted by Crippen LogP contribution is 2.14. The number of ether oxygens (including phenoxy) is 2. The van der Waals surface area contributed by atoms with Crippen molar-refractivity contribution in [3.8, 4) is 0 Å². The molecular formula is C23H36N2O5. The Morgan fingerprint density at radius 2 is 1.67 bits per heavy atom. The summed E-state index contributed by atoms with van der Waals surface area (Å²) in [6.07, 6.45) is 0.136. The lowest BCUT2D eigenvalue weighted by Crippen LogP contribution is -2.41. The van der Waals surface area contributed by atoms with Gasteiger partial charge < -0.3 is 20.1 Å². The van der Waals surface area contributed by atoms with Crippen molar-refractivity contribution in [2.24, 2.45) is 11.8 Å². The zero-order valence-corrected chi connectivity index (χ0v) is 19.0. The first-order chi connectivity index (χ1) is 14.0. The van der Waals surface area contributed by atoms with Crippen LogP contribution in [0.4, 0.5) is 4.79 Å². The van der Waals surface area contributed by atoms with Crippen molar-refractivity contribution in [2.45, 2.75) is 72.6 Å². The Labute approximate surface area is 179 Å². The molecule has 0 fully saturated rings. The minimum atomic E-state index is -0.601. The fourth-order valence-corrected chi connectivity index (χ4v) is 2.83. The summed E-state index contributed by atoms with van der Waals surface area (Å²) in [4.78, 5) is 36.6. The smallest absolute Gasteiger partial charge is 0.407 e. The van der Waals surface area contributed by atoms with Crippen LogP contribution in [-0.4, -0.2) is 36.2 Å². The van der Waals surface area contributed by atoms with Gasteiger partial charge in [0.1, 0.15) is 12.2 Å². The summed E-state index contributed by atoms with van der Waals surface area (Å²) in [5, 5.41) is 5.42. The average molecular weight is 421 g/mol. The van der Waals surface area contributed by atoms with Crippen molar-refractivity contribution in [2.75, 3.05) is 6.54 Å². The fourth-order valence-electron chi connectivity index (χ4n) is 2.83. The molecule has 168 valence electrons. The molecule has 0 unspecified atom stereocenters. The Bertz CT molecular complexity index is 683. The summed E-state index contributed by atoms with van der Waals surface area (Å²) in [6.45, 7) is 11.5. The molecule has 2 N–H and O–H groups in total. The zero-order valence-electron chi connectivity index (χ0n) is 19.0. The van der Waals surface area contributed by atoms with Gasteiger partial charge in [-0.2, -0.15) is 0 Å². The van der Waals surface area contributed by atoms with E-state index in [0.29, 0.717) is 6.42 Å². The molecule has 0 spiro atoms. The summed E-state index contributed by atoms with van der Waals surface area (Å²) < 4.78 is 10.6. The van der Waals surface area contributed by atoms with E-state index in [2.05, 4.69) is 10.6 Å². The second-order valence-corrected chi connectivity index (χ2v) is 8.98. The number of amides is 2. The lowest BCUT2D eigenvalue weighted by atomic mass is 9.97. The number of benzene rings is 1. The Hall–Kier alpha value is -2.57. The number of carbonyl (C=O) groups excluding carboxylic acids is 3. The minimum absolute atomic E-state index is 0.0900. The van der Waals surface area contributed by atoms with Gasteiger partial charge in [-0.3, -0.25) is 9.59 Å². The van der Waals surface area contributed by atoms with E-state index in [1.165, 1.54) is 0 Å². The molecule has 7 heteroatoms. The molecule has 30 heavy (non-hydrogen) atoms. The SMILES string of the molecule is CC(C)C[C@@H](CNC(=O)C[C@H](C)NC(=O)OC(C)(C)C)C(=O)OCc1ccccc1. The van der Waals surface area contributed by atoms with Crippen LogP contribution < -0.4 is 10.6 Å². The van der Waals surface area contributed by atoms with Crippen molar-refractivity contribution in [1.82, 2.24) is 10.6 Å². The Balaban J connectivity index is 2.48. The van der Waals surface area contributed by atoms with Gasteiger partial charge in [-0.25, -0.2) is 4.79 Å². The van der Waals surface area contributed by atoms with E-state index in [1.54, 1.807) is 27.7 Å². The van der Waals surface area contributed by atoms with Crippen LogP contribution in [0.15, 0.2) is 30.3 Å². The third-order valence-electron chi connectivity index (χ3n) is 4.11. The molecule has 0 heterocycles. The molecule has 2 amide bonds. The van der Waals surface area contributed by atoms with E-state index in [1.807, 2.05) is 44.2 Å². The maximum atomic E-state index is 12.5. The number of nitrogens with one attached hydrogen (secondary N) is 2. The second-order valence-electron chi connectivity index (χ2n) is 8.98. The number of esters is 1. The highest BCUT2D eigenvalue weighted by molar-refractivity contribution is 5.79. The first-order valence-electron chi connectivity index (χ1n) is 10.4. The summed E-state index contributed by atoms with van der Waals surface area (Å²) in [5.74, 6) is -0.716. The molecule has 0 saturated heterocycles. The molecule has 7 nitrogen and oxygen atoms in total. The summed E-state index contributed by atoms with van der Waals surface area (Å²) in [7, 11) is 0. The molecule has 2 atom stereocenters. The van der Waals surface area contributed by atoms with Crippen LogP contribution in [0.1, 0.15) is 59.9 Å². The second kappa shape index (κ2) is 12.2. The maximum absolute atomic E-state index is 12.5. The van der Waals surface area contributed by atoms with E-state index in [0.717, 1.165) is 5.56 Å².